The first-order chi connectivity index (χ1) is 15.7. The van der Waals surface area contributed by atoms with Crippen LogP contribution in [0.3, 0.4) is 0 Å². The monoisotopic (exact) mass is 420 g/mol. The van der Waals surface area contributed by atoms with Crippen LogP contribution < -0.4 is 15.0 Å². The number of methoxy groups -OCH3 is 1. The van der Waals surface area contributed by atoms with Crippen LogP contribution in [0.25, 0.3) is 49.2 Å². The summed E-state index contributed by atoms with van der Waals surface area (Å²) in [6, 6.07) is 21.5. The van der Waals surface area contributed by atoms with E-state index in [9.17, 15) is 4.79 Å². The van der Waals surface area contributed by atoms with Crippen molar-refractivity contribution in [2.45, 2.75) is 6.92 Å². The predicted octanol–water partition coefficient (Wildman–Crippen LogP) is 5.67. The molecule has 0 spiro atoms. The molecule has 3 heterocycles. The Hall–Kier alpha value is -4.12. The van der Waals surface area contributed by atoms with Gasteiger partial charge in [-0.15, -0.1) is 0 Å². The molecule has 0 unspecified atom stereocenters. The van der Waals surface area contributed by atoms with Gasteiger partial charge in [0.15, 0.2) is 11.5 Å². The Morgan fingerprint density at radius 2 is 1.62 bits per heavy atom. The molecular formula is C27H20N2O3. The second-order valence-corrected chi connectivity index (χ2v) is 7.72. The molecule has 3 aromatic carbocycles. The molecule has 6 rings (SSSR count). The van der Waals surface area contributed by atoms with Crippen molar-refractivity contribution >= 4 is 38.1 Å². The smallest absolute Gasteiger partial charge is 0.263 e. The molecule has 0 N–H and O–H groups in total. The molecule has 6 aromatic rings. The van der Waals surface area contributed by atoms with Crippen LogP contribution in [-0.2, 0) is 0 Å². The molecule has 0 aliphatic carbocycles. The van der Waals surface area contributed by atoms with E-state index in [-0.39, 0.29) is 5.56 Å². The van der Waals surface area contributed by atoms with Crippen LogP contribution in [0.1, 0.15) is 6.92 Å². The van der Waals surface area contributed by atoms with Gasteiger partial charge in [-0.2, -0.15) is 0 Å². The standard InChI is InChI=1S/C27H20N2O3/c1-3-32-26-17(12-8-14-22(26)31-2)20-15-28-24-16-9-4-5-10-18(16)27(30)29-21-13-7-6-11-19(21)23(20)25(24)29/h4-15H,3H2,1-2H3. The molecule has 5 nitrogen and oxygen atoms in total. The van der Waals surface area contributed by atoms with E-state index in [0.29, 0.717) is 23.5 Å². The zero-order valence-electron chi connectivity index (χ0n) is 17.8. The molecule has 5 heteroatoms. The summed E-state index contributed by atoms with van der Waals surface area (Å²) < 4.78 is 13.4. The second kappa shape index (κ2) is 6.95. The van der Waals surface area contributed by atoms with Gasteiger partial charge in [0.05, 0.1) is 30.3 Å². The molecular weight excluding hydrogens is 400 g/mol. The van der Waals surface area contributed by atoms with E-state index >= 15 is 0 Å². The fraction of sp³-hybridized carbons (Fsp3) is 0.111. The summed E-state index contributed by atoms with van der Waals surface area (Å²) in [7, 11) is 1.64. The Bertz CT molecular complexity index is 1700. The highest BCUT2D eigenvalue weighted by atomic mass is 16.5. The summed E-state index contributed by atoms with van der Waals surface area (Å²) in [6.07, 6.45) is 1.89. The van der Waals surface area contributed by atoms with Gasteiger partial charge in [-0.25, -0.2) is 0 Å². The lowest BCUT2D eigenvalue weighted by atomic mass is 9.99. The van der Waals surface area contributed by atoms with E-state index in [1.807, 2.05) is 73.8 Å². The van der Waals surface area contributed by atoms with Crippen LogP contribution >= 0.6 is 0 Å². The van der Waals surface area contributed by atoms with Gasteiger partial charge in [0.25, 0.3) is 5.56 Å². The summed E-state index contributed by atoms with van der Waals surface area (Å²) in [5.74, 6) is 1.34. The van der Waals surface area contributed by atoms with Crippen molar-refractivity contribution in [3.8, 4) is 22.6 Å². The van der Waals surface area contributed by atoms with Gasteiger partial charge < -0.3 is 9.47 Å². The lowest BCUT2D eigenvalue weighted by molar-refractivity contribution is 0.312. The van der Waals surface area contributed by atoms with E-state index in [4.69, 9.17) is 14.5 Å². The van der Waals surface area contributed by atoms with E-state index in [0.717, 1.165) is 43.8 Å². The van der Waals surface area contributed by atoms with Crippen molar-refractivity contribution in [2.75, 3.05) is 13.7 Å². The van der Waals surface area contributed by atoms with Crippen LogP contribution in [0.2, 0.25) is 0 Å². The Labute approximate surface area is 183 Å². The average molecular weight is 420 g/mol. The second-order valence-electron chi connectivity index (χ2n) is 7.72. The van der Waals surface area contributed by atoms with Crippen LogP contribution in [0.4, 0.5) is 0 Å². The minimum Gasteiger partial charge on any atom is -0.493 e. The third-order valence-corrected chi connectivity index (χ3v) is 6.08. The number of pyridine rings is 2. The quantitative estimate of drug-likeness (QED) is 0.345. The lowest BCUT2D eigenvalue weighted by Gasteiger charge is -2.15. The molecule has 0 aliphatic rings. The number of aromatic nitrogens is 2. The first-order valence-electron chi connectivity index (χ1n) is 10.6. The third-order valence-electron chi connectivity index (χ3n) is 6.08. The van der Waals surface area contributed by atoms with Crippen LogP contribution in [0.15, 0.2) is 77.7 Å². The minimum atomic E-state index is -0.0334. The first kappa shape index (κ1) is 18.6. The maximum Gasteiger partial charge on any atom is 0.263 e. The van der Waals surface area contributed by atoms with Gasteiger partial charge in [0.1, 0.15) is 0 Å². The Morgan fingerprint density at radius 3 is 2.41 bits per heavy atom. The minimum absolute atomic E-state index is 0.0334. The van der Waals surface area contributed by atoms with E-state index in [2.05, 4.69) is 6.07 Å². The number of ether oxygens (including phenoxy) is 2. The Morgan fingerprint density at radius 1 is 0.875 bits per heavy atom. The lowest BCUT2D eigenvalue weighted by Crippen LogP contribution is -2.13. The number of rotatable bonds is 4. The molecule has 0 fully saturated rings. The summed E-state index contributed by atoms with van der Waals surface area (Å²) in [6.45, 7) is 2.46. The van der Waals surface area contributed by atoms with Crippen molar-refractivity contribution < 1.29 is 9.47 Å². The maximum atomic E-state index is 13.6. The number of nitrogens with zero attached hydrogens (tertiary/aromatic N) is 2. The zero-order chi connectivity index (χ0) is 21.8. The molecule has 0 aliphatic heterocycles. The van der Waals surface area contributed by atoms with Crippen molar-refractivity contribution in [3.63, 3.8) is 0 Å². The van der Waals surface area contributed by atoms with E-state index in [1.165, 1.54) is 0 Å². The van der Waals surface area contributed by atoms with Gasteiger partial charge in [-0.05, 0) is 25.1 Å². The van der Waals surface area contributed by atoms with Gasteiger partial charge in [-0.1, -0.05) is 48.5 Å². The first-order valence-corrected chi connectivity index (χ1v) is 10.6. The summed E-state index contributed by atoms with van der Waals surface area (Å²) >= 11 is 0. The van der Waals surface area contributed by atoms with E-state index in [1.54, 1.807) is 11.5 Å². The van der Waals surface area contributed by atoms with Crippen LogP contribution in [-0.4, -0.2) is 23.1 Å². The van der Waals surface area contributed by atoms with Crippen molar-refractivity contribution in [3.05, 3.63) is 83.3 Å². The van der Waals surface area contributed by atoms with E-state index < -0.39 is 0 Å². The molecule has 156 valence electrons. The van der Waals surface area contributed by atoms with Crippen molar-refractivity contribution in [2.24, 2.45) is 0 Å². The van der Waals surface area contributed by atoms with Crippen molar-refractivity contribution in [1.82, 2.24) is 9.38 Å². The van der Waals surface area contributed by atoms with Gasteiger partial charge in [0, 0.05) is 38.9 Å². The topological polar surface area (TPSA) is 52.8 Å². The number of benzene rings is 3. The number of hydrogen-bond acceptors (Lipinski definition) is 4. The average Bonchev–Trinajstić information content (AvgIpc) is 3.19. The Kier molecular flexibility index (Phi) is 4.05. The molecule has 3 aromatic heterocycles. The Balaban J connectivity index is 1.87. The number of fused-ring (bicyclic) bond motifs is 5. The normalized spacial score (nSPS) is 11.7. The van der Waals surface area contributed by atoms with Gasteiger partial charge >= 0.3 is 0 Å². The summed E-state index contributed by atoms with van der Waals surface area (Å²) in [5.41, 5.74) is 4.29. The number of para-hydroxylation sites is 2. The fourth-order valence-corrected chi connectivity index (χ4v) is 4.78. The molecule has 0 amide bonds. The largest absolute Gasteiger partial charge is 0.493 e. The maximum absolute atomic E-state index is 13.6. The molecule has 0 atom stereocenters. The van der Waals surface area contributed by atoms with Crippen molar-refractivity contribution in [1.29, 1.82) is 0 Å². The van der Waals surface area contributed by atoms with Crippen LogP contribution in [0.5, 0.6) is 11.5 Å². The molecule has 0 saturated heterocycles. The molecule has 0 bridgehead atoms. The molecule has 32 heavy (non-hydrogen) atoms. The number of hydrogen-bond donors (Lipinski definition) is 0. The van der Waals surface area contributed by atoms with Gasteiger partial charge in [-0.3, -0.25) is 14.2 Å². The highest BCUT2D eigenvalue weighted by Crippen LogP contribution is 2.44. The summed E-state index contributed by atoms with van der Waals surface area (Å²) in [4.78, 5) is 18.4. The molecule has 0 saturated carbocycles. The van der Waals surface area contributed by atoms with Gasteiger partial charge in [0.2, 0.25) is 0 Å². The highest BCUT2D eigenvalue weighted by Gasteiger charge is 2.23. The molecule has 0 radical (unpaired) electrons. The highest BCUT2D eigenvalue weighted by molar-refractivity contribution is 6.23. The van der Waals surface area contributed by atoms with Crippen LogP contribution in [0, 0.1) is 0 Å². The summed E-state index contributed by atoms with van der Waals surface area (Å²) in [5, 5.41) is 3.52. The third kappa shape index (κ3) is 2.39. The fourth-order valence-electron chi connectivity index (χ4n) is 4.78. The predicted molar refractivity (Wildman–Crippen MR) is 128 cm³/mol. The SMILES string of the molecule is CCOc1c(OC)cccc1-c1cnc2c3ccccc3c(=O)n3c4ccccc4c1c23. The zero-order valence-corrected chi connectivity index (χ0v) is 17.8.